The Morgan fingerprint density at radius 1 is 1.23 bits per heavy atom. The Morgan fingerprint density at radius 3 is 2.62 bits per heavy atom. The zero-order chi connectivity index (χ0) is 28.5. The molecule has 0 spiro atoms. The number of amides is 2. The molecule has 2 aliphatic rings. The van der Waals surface area contributed by atoms with Crippen LogP contribution < -0.4 is 5.32 Å². The van der Waals surface area contributed by atoms with Gasteiger partial charge in [0.2, 0.25) is 11.8 Å². The predicted octanol–water partition coefficient (Wildman–Crippen LogP) is 4.71. The Kier molecular flexibility index (Phi) is 8.09. The molecule has 2 fully saturated rings. The van der Waals surface area contributed by atoms with E-state index < -0.39 is 35.5 Å². The van der Waals surface area contributed by atoms with Gasteiger partial charge in [-0.05, 0) is 69.1 Å². The lowest BCUT2D eigenvalue weighted by molar-refractivity contribution is -0.128. The second kappa shape index (κ2) is 11.2. The SMILES string of the molecule is CC(C)CC(=O)n1cc(-c2ccc(C[C@@H](C#N)NC(=O)[C@@H]3[C@H]4CC[C@H](C4)N3C(=O)OC(C)(C)C)c(F)c2)cn1. The smallest absolute Gasteiger partial charge is 0.411 e. The molecule has 208 valence electrons. The van der Waals surface area contributed by atoms with E-state index in [0.717, 1.165) is 19.3 Å². The van der Waals surface area contributed by atoms with E-state index in [1.54, 1.807) is 39.1 Å². The summed E-state index contributed by atoms with van der Waals surface area (Å²) in [4.78, 5) is 39.9. The van der Waals surface area contributed by atoms with Gasteiger partial charge in [-0.25, -0.2) is 13.9 Å². The van der Waals surface area contributed by atoms with Crippen molar-refractivity contribution in [2.45, 2.75) is 90.4 Å². The Labute approximate surface area is 228 Å². The molecule has 2 bridgehead atoms. The number of ether oxygens (including phenoxy) is 1. The van der Waals surface area contributed by atoms with E-state index in [4.69, 9.17) is 4.74 Å². The molecule has 2 amide bonds. The molecule has 0 radical (unpaired) electrons. The molecular weight excluding hydrogens is 501 g/mol. The van der Waals surface area contributed by atoms with Crippen LogP contribution in [-0.2, 0) is 16.0 Å². The normalized spacial score (nSPS) is 21.1. The van der Waals surface area contributed by atoms with Crippen molar-refractivity contribution in [3.8, 4) is 17.2 Å². The molecule has 39 heavy (non-hydrogen) atoms. The van der Waals surface area contributed by atoms with Gasteiger partial charge in [-0.3, -0.25) is 14.5 Å². The zero-order valence-corrected chi connectivity index (χ0v) is 23.1. The number of likely N-dealkylation sites (tertiary alicyclic amines) is 1. The van der Waals surface area contributed by atoms with Crippen molar-refractivity contribution in [1.29, 1.82) is 5.26 Å². The lowest BCUT2D eigenvalue weighted by Gasteiger charge is -2.35. The second-order valence-electron chi connectivity index (χ2n) is 11.9. The minimum absolute atomic E-state index is 0.00576. The van der Waals surface area contributed by atoms with Crippen LogP contribution in [0.3, 0.4) is 0 Å². The Hall–Kier alpha value is -3.74. The van der Waals surface area contributed by atoms with Crippen molar-refractivity contribution in [2.75, 3.05) is 0 Å². The van der Waals surface area contributed by atoms with Crippen LogP contribution in [0.15, 0.2) is 30.6 Å². The molecule has 1 aliphatic carbocycles. The minimum Gasteiger partial charge on any atom is -0.444 e. The Bertz CT molecular complexity index is 1290. The fourth-order valence-corrected chi connectivity index (χ4v) is 5.45. The topological polar surface area (TPSA) is 117 Å². The lowest BCUT2D eigenvalue weighted by atomic mass is 9.97. The molecule has 0 unspecified atom stereocenters. The van der Waals surface area contributed by atoms with Gasteiger partial charge in [0.15, 0.2) is 0 Å². The molecule has 1 aliphatic heterocycles. The average molecular weight is 538 g/mol. The molecule has 1 saturated heterocycles. The number of carbonyl (C=O) groups excluding carboxylic acids is 3. The summed E-state index contributed by atoms with van der Waals surface area (Å²) in [6.07, 6.45) is 5.25. The quantitative estimate of drug-likeness (QED) is 0.546. The molecule has 1 aromatic heterocycles. The van der Waals surface area contributed by atoms with Gasteiger partial charge < -0.3 is 10.1 Å². The Morgan fingerprint density at radius 2 is 1.97 bits per heavy atom. The number of hydrogen-bond acceptors (Lipinski definition) is 6. The molecule has 9 nitrogen and oxygen atoms in total. The van der Waals surface area contributed by atoms with E-state index in [9.17, 15) is 19.6 Å². The zero-order valence-electron chi connectivity index (χ0n) is 23.1. The molecule has 1 aromatic carbocycles. The van der Waals surface area contributed by atoms with Crippen molar-refractivity contribution in [3.63, 3.8) is 0 Å². The maximum Gasteiger partial charge on any atom is 0.411 e. The van der Waals surface area contributed by atoms with E-state index in [1.165, 1.54) is 21.8 Å². The first kappa shape index (κ1) is 28.3. The largest absolute Gasteiger partial charge is 0.444 e. The van der Waals surface area contributed by atoms with Crippen molar-refractivity contribution in [2.24, 2.45) is 11.8 Å². The predicted molar refractivity (Wildman–Crippen MR) is 142 cm³/mol. The number of hydrogen-bond donors (Lipinski definition) is 1. The highest BCUT2D eigenvalue weighted by Crippen LogP contribution is 2.43. The number of nitriles is 1. The highest BCUT2D eigenvalue weighted by Gasteiger charge is 2.52. The van der Waals surface area contributed by atoms with Crippen LogP contribution in [0.25, 0.3) is 11.1 Å². The number of carbonyl (C=O) groups is 3. The summed E-state index contributed by atoms with van der Waals surface area (Å²) in [6.45, 7) is 9.22. The van der Waals surface area contributed by atoms with E-state index in [0.29, 0.717) is 17.5 Å². The third-order valence-electron chi connectivity index (χ3n) is 7.16. The van der Waals surface area contributed by atoms with Crippen LogP contribution in [0, 0.1) is 29.0 Å². The summed E-state index contributed by atoms with van der Waals surface area (Å²) in [6, 6.07) is 4.90. The van der Waals surface area contributed by atoms with Crippen LogP contribution in [0.2, 0.25) is 0 Å². The third kappa shape index (κ3) is 6.47. The van der Waals surface area contributed by atoms with Crippen molar-refractivity contribution < 1.29 is 23.5 Å². The first-order chi connectivity index (χ1) is 18.4. The van der Waals surface area contributed by atoms with Gasteiger partial charge in [0.1, 0.15) is 23.5 Å². The van der Waals surface area contributed by atoms with Crippen molar-refractivity contribution in [3.05, 3.63) is 42.0 Å². The molecule has 4 atom stereocenters. The number of benzene rings is 1. The molecule has 2 heterocycles. The van der Waals surface area contributed by atoms with Crippen LogP contribution >= 0.6 is 0 Å². The molecule has 2 aromatic rings. The van der Waals surface area contributed by atoms with Crippen LogP contribution in [0.5, 0.6) is 0 Å². The number of halogens is 1. The second-order valence-corrected chi connectivity index (χ2v) is 11.9. The standard InChI is InChI=1S/C29H36FN5O4/c1-17(2)10-25(36)34-16-21(15-32-34)18-6-7-19(24(30)13-18)11-22(14-31)33-27(37)26-20-8-9-23(12-20)35(26)28(38)39-29(3,4)5/h6-7,13,15-17,20,22-23,26H,8-12H2,1-5H3,(H,33,37)/t20-,22-,23+,26-/m0/s1. The van der Waals surface area contributed by atoms with E-state index in [2.05, 4.69) is 16.5 Å². The van der Waals surface area contributed by atoms with Gasteiger partial charge in [0, 0.05) is 30.6 Å². The Balaban J connectivity index is 1.43. The summed E-state index contributed by atoms with van der Waals surface area (Å²) in [5.74, 6) is -0.888. The van der Waals surface area contributed by atoms with Crippen LogP contribution in [-0.4, -0.2) is 56.3 Å². The molecule has 10 heteroatoms. The van der Waals surface area contributed by atoms with Crippen molar-refractivity contribution >= 4 is 17.9 Å². The van der Waals surface area contributed by atoms with Gasteiger partial charge >= 0.3 is 6.09 Å². The molecule has 4 rings (SSSR count). The van der Waals surface area contributed by atoms with E-state index in [1.807, 2.05) is 13.8 Å². The van der Waals surface area contributed by atoms with E-state index in [-0.39, 0.29) is 35.8 Å². The maximum atomic E-state index is 15.1. The summed E-state index contributed by atoms with van der Waals surface area (Å²) in [5, 5.41) is 16.6. The monoisotopic (exact) mass is 537 g/mol. The number of rotatable bonds is 7. The maximum absolute atomic E-state index is 15.1. The molecule has 1 saturated carbocycles. The van der Waals surface area contributed by atoms with Gasteiger partial charge in [-0.15, -0.1) is 0 Å². The lowest BCUT2D eigenvalue weighted by Crippen LogP contribution is -2.55. The van der Waals surface area contributed by atoms with Gasteiger partial charge in [-0.1, -0.05) is 26.0 Å². The van der Waals surface area contributed by atoms with Gasteiger partial charge in [0.05, 0.1) is 12.3 Å². The summed E-state index contributed by atoms with van der Waals surface area (Å²) in [5.41, 5.74) is 0.723. The highest BCUT2D eigenvalue weighted by atomic mass is 19.1. The fraction of sp³-hybridized carbons (Fsp3) is 0.552. The first-order valence-electron chi connectivity index (χ1n) is 13.4. The minimum atomic E-state index is -0.978. The van der Waals surface area contributed by atoms with Crippen LogP contribution in [0.1, 0.15) is 70.7 Å². The third-order valence-corrected chi connectivity index (χ3v) is 7.16. The van der Waals surface area contributed by atoms with Crippen LogP contribution in [0.4, 0.5) is 9.18 Å². The summed E-state index contributed by atoms with van der Waals surface area (Å²) in [7, 11) is 0. The first-order valence-corrected chi connectivity index (χ1v) is 13.4. The highest BCUT2D eigenvalue weighted by molar-refractivity contribution is 5.87. The van der Waals surface area contributed by atoms with Gasteiger partial charge in [0.25, 0.3) is 0 Å². The molecular formula is C29H36FN5O4. The van der Waals surface area contributed by atoms with Gasteiger partial charge in [-0.2, -0.15) is 10.4 Å². The average Bonchev–Trinajstić information content (AvgIpc) is 3.59. The number of piperidine rings is 1. The van der Waals surface area contributed by atoms with Crippen molar-refractivity contribution in [1.82, 2.24) is 20.0 Å². The fourth-order valence-electron chi connectivity index (χ4n) is 5.45. The number of aromatic nitrogens is 2. The molecule has 1 N–H and O–H groups in total. The summed E-state index contributed by atoms with van der Waals surface area (Å²) >= 11 is 0. The number of fused-ring (bicyclic) bond motifs is 2. The summed E-state index contributed by atoms with van der Waals surface area (Å²) < 4.78 is 21.9. The number of nitrogens with one attached hydrogen (secondary N) is 1. The van der Waals surface area contributed by atoms with E-state index >= 15 is 4.39 Å². The number of nitrogens with zero attached hydrogens (tertiary/aromatic N) is 4.